The Kier molecular flexibility index (Phi) is 6.60. The fourth-order valence-corrected chi connectivity index (χ4v) is 5.02. The molecule has 2 fully saturated rings. The van der Waals surface area contributed by atoms with Crippen LogP contribution in [0, 0.1) is 11.8 Å². The number of halogens is 1. The fourth-order valence-electron chi connectivity index (χ4n) is 4.90. The fraction of sp³-hybridized carbons (Fsp3) is 0.500. The monoisotopic (exact) mass is 466 g/mol. The van der Waals surface area contributed by atoms with E-state index in [-0.39, 0.29) is 17.9 Å². The van der Waals surface area contributed by atoms with Gasteiger partial charge in [0.05, 0.1) is 17.5 Å². The highest BCUT2D eigenvalue weighted by Gasteiger charge is 2.23. The van der Waals surface area contributed by atoms with Gasteiger partial charge in [0.2, 0.25) is 5.28 Å². The SMILES string of the molecule is OCC#Cc1cnc(OCc2cc3cnc(Cl)nc3n2C2CCCC2)nc1NC1CCCC1. The maximum atomic E-state index is 9.08. The van der Waals surface area contributed by atoms with Gasteiger partial charge in [0.1, 0.15) is 24.7 Å². The lowest BCUT2D eigenvalue weighted by atomic mass is 10.2. The van der Waals surface area contributed by atoms with Crippen LogP contribution in [-0.4, -0.2) is 42.3 Å². The van der Waals surface area contributed by atoms with Gasteiger partial charge in [-0.25, -0.2) is 9.97 Å². The minimum atomic E-state index is -0.209. The van der Waals surface area contributed by atoms with E-state index in [1.54, 1.807) is 12.4 Å². The van der Waals surface area contributed by atoms with Crippen molar-refractivity contribution in [3.8, 4) is 17.9 Å². The molecular weight excluding hydrogens is 440 g/mol. The van der Waals surface area contributed by atoms with E-state index in [0.717, 1.165) is 42.4 Å². The first-order valence-electron chi connectivity index (χ1n) is 11.6. The number of aliphatic hydroxyl groups is 1. The zero-order valence-electron chi connectivity index (χ0n) is 18.4. The summed E-state index contributed by atoms with van der Waals surface area (Å²) in [6, 6.07) is 3.10. The van der Waals surface area contributed by atoms with Gasteiger partial charge in [-0.05, 0) is 43.4 Å². The van der Waals surface area contributed by atoms with Gasteiger partial charge in [-0.15, -0.1) is 0 Å². The molecule has 0 amide bonds. The number of anilines is 1. The first-order valence-corrected chi connectivity index (χ1v) is 12.0. The van der Waals surface area contributed by atoms with E-state index in [9.17, 15) is 0 Å². The molecule has 0 atom stereocenters. The molecule has 2 N–H and O–H groups in total. The Bertz CT molecular complexity index is 1190. The second-order valence-corrected chi connectivity index (χ2v) is 8.99. The van der Waals surface area contributed by atoms with E-state index in [2.05, 4.69) is 47.7 Å². The summed E-state index contributed by atoms with van der Waals surface area (Å²) in [4.78, 5) is 17.6. The zero-order chi connectivity index (χ0) is 22.6. The summed E-state index contributed by atoms with van der Waals surface area (Å²) in [7, 11) is 0. The Morgan fingerprint density at radius 1 is 1.09 bits per heavy atom. The molecule has 9 heteroatoms. The summed E-state index contributed by atoms with van der Waals surface area (Å²) in [5.74, 6) is 6.27. The largest absolute Gasteiger partial charge is 0.457 e. The van der Waals surface area contributed by atoms with Crippen LogP contribution in [0.1, 0.15) is 68.7 Å². The molecule has 8 nitrogen and oxygen atoms in total. The Balaban J connectivity index is 1.41. The number of ether oxygens (including phenoxy) is 1. The van der Waals surface area contributed by atoms with Crippen LogP contribution >= 0.6 is 11.6 Å². The van der Waals surface area contributed by atoms with Gasteiger partial charge in [0.25, 0.3) is 0 Å². The molecule has 0 radical (unpaired) electrons. The van der Waals surface area contributed by atoms with Crippen molar-refractivity contribution < 1.29 is 9.84 Å². The van der Waals surface area contributed by atoms with Gasteiger partial charge >= 0.3 is 6.01 Å². The van der Waals surface area contributed by atoms with Gasteiger partial charge < -0.3 is 19.7 Å². The van der Waals surface area contributed by atoms with Gasteiger partial charge in [-0.1, -0.05) is 37.5 Å². The maximum absolute atomic E-state index is 9.08. The highest BCUT2D eigenvalue weighted by molar-refractivity contribution is 6.28. The Labute approximate surface area is 197 Å². The highest BCUT2D eigenvalue weighted by Crippen LogP contribution is 2.34. The van der Waals surface area contributed by atoms with Gasteiger partial charge in [-0.3, -0.25) is 0 Å². The predicted octanol–water partition coefficient (Wildman–Crippen LogP) is 4.27. The average Bonchev–Trinajstić information content (AvgIpc) is 3.58. The van der Waals surface area contributed by atoms with Crippen molar-refractivity contribution in [1.29, 1.82) is 0 Å². The lowest BCUT2D eigenvalue weighted by molar-refractivity contribution is 0.268. The van der Waals surface area contributed by atoms with Crippen LogP contribution in [0.5, 0.6) is 6.01 Å². The number of hydrogen-bond acceptors (Lipinski definition) is 7. The van der Waals surface area contributed by atoms with Gasteiger partial charge in [0, 0.05) is 23.7 Å². The van der Waals surface area contributed by atoms with Crippen LogP contribution in [0.25, 0.3) is 11.0 Å². The molecule has 3 aromatic heterocycles. The predicted molar refractivity (Wildman–Crippen MR) is 126 cm³/mol. The second kappa shape index (κ2) is 9.94. The minimum absolute atomic E-state index is 0.209. The van der Waals surface area contributed by atoms with Crippen molar-refractivity contribution in [3.63, 3.8) is 0 Å². The van der Waals surface area contributed by atoms with E-state index < -0.39 is 0 Å². The van der Waals surface area contributed by atoms with Crippen LogP contribution in [0.3, 0.4) is 0 Å². The van der Waals surface area contributed by atoms with E-state index in [4.69, 9.17) is 21.4 Å². The molecule has 0 saturated heterocycles. The quantitative estimate of drug-likeness (QED) is 0.413. The number of fused-ring (bicyclic) bond motifs is 1. The van der Waals surface area contributed by atoms with E-state index in [0.29, 0.717) is 30.1 Å². The molecule has 2 saturated carbocycles. The third-order valence-electron chi connectivity index (χ3n) is 6.43. The lowest BCUT2D eigenvalue weighted by Crippen LogP contribution is -2.17. The van der Waals surface area contributed by atoms with Gasteiger partial charge in [0.15, 0.2) is 0 Å². The van der Waals surface area contributed by atoms with E-state index in [1.807, 2.05) is 0 Å². The number of nitrogens with zero attached hydrogens (tertiary/aromatic N) is 5. The van der Waals surface area contributed by atoms with Gasteiger partial charge in [-0.2, -0.15) is 9.97 Å². The van der Waals surface area contributed by atoms with Crippen LogP contribution in [-0.2, 0) is 6.61 Å². The molecule has 3 aromatic rings. The summed E-state index contributed by atoms with van der Waals surface area (Å²) >= 11 is 6.10. The van der Waals surface area contributed by atoms with Crippen LogP contribution in [0.4, 0.5) is 5.82 Å². The molecule has 2 aliphatic carbocycles. The molecule has 2 aliphatic rings. The first kappa shape index (κ1) is 21.9. The van der Waals surface area contributed by atoms with Crippen molar-refractivity contribution in [3.05, 3.63) is 35.0 Å². The first-order chi connectivity index (χ1) is 16.2. The summed E-state index contributed by atoms with van der Waals surface area (Å²) < 4.78 is 8.30. The molecule has 5 rings (SSSR count). The van der Waals surface area contributed by atoms with E-state index >= 15 is 0 Å². The average molecular weight is 467 g/mol. The third-order valence-corrected chi connectivity index (χ3v) is 6.61. The number of aromatic nitrogens is 5. The van der Waals surface area contributed by atoms with Crippen LogP contribution < -0.4 is 10.1 Å². The number of rotatable bonds is 6. The molecule has 3 heterocycles. The van der Waals surface area contributed by atoms with Crippen LogP contribution in [0.2, 0.25) is 5.28 Å². The van der Waals surface area contributed by atoms with E-state index in [1.165, 1.54) is 25.7 Å². The molecule has 0 aromatic carbocycles. The van der Waals surface area contributed by atoms with Crippen molar-refractivity contribution in [2.75, 3.05) is 11.9 Å². The summed E-state index contributed by atoms with van der Waals surface area (Å²) in [5, 5.41) is 13.8. The minimum Gasteiger partial charge on any atom is -0.457 e. The number of aliphatic hydroxyl groups excluding tert-OH is 1. The Morgan fingerprint density at radius 3 is 2.67 bits per heavy atom. The second-order valence-electron chi connectivity index (χ2n) is 8.65. The molecule has 33 heavy (non-hydrogen) atoms. The topological polar surface area (TPSA) is 98.0 Å². The van der Waals surface area contributed by atoms with Crippen molar-refractivity contribution in [2.45, 2.75) is 70.1 Å². The zero-order valence-corrected chi connectivity index (χ0v) is 19.2. The lowest BCUT2D eigenvalue weighted by Gasteiger charge is -2.18. The summed E-state index contributed by atoms with van der Waals surface area (Å²) in [5.41, 5.74) is 2.51. The highest BCUT2D eigenvalue weighted by atomic mass is 35.5. The standard InChI is InChI=1S/C24H27ClN6O2/c25-23-26-14-17-12-20(31(22(17)30-23)19-9-3-4-10-19)15-33-24-27-13-16(6-5-11-32)21(29-24)28-18-7-1-2-8-18/h12-14,18-19,32H,1-4,7-11,15H2,(H,27,28,29). The molecule has 0 unspecified atom stereocenters. The Hall–Kier alpha value is -2.89. The Morgan fingerprint density at radius 2 is 1.88 bits per heavy atom. The van der Waals surface area contributed by atoms with Crippen molar-refractivity contribution in [2.24, 2.45) is 0 Å². The molecule has 172 valence electrons. The summed E-state index contributed by atoms with van der Waals surface area (Å²) in [6.07, 6.45) is 12.7. The van der Waals surface area contributed by atoms with Crippen molar-refractivity contribution in [1.82, 2.24) is 24.5 Å². The summed E-state index contributed by atoms with van der Waals surface area (Å²) in [6.45, 7) is 0.106. The molecule has 0 aliphatic heterocycles. The molecule has 0 bridgehead atoms. The number of hydrogen-bond donors (Lipinski definition) is 2. The third kappa shape index (κ3) is 4.90. The normalized spacial score (nSPS) is 16.8. The number of nitrogens with one attached hydrogen (secondary N) is 1. The molecular formula is C24H27ClN6O2. The van der Waals surface area contributed by atoms with Crippen LogP contribution in [0.15, 0.2) is 18.5 Å². The smallest absolute Gasteiger partial charge is 0.318 e. The van der Waals surface area contributed by atoms with Crippen molar-refractivity contribution >= 4 is 28.5 Å². The maximum Gasteiger partial charge on any atom is 0.318 e. The molecule has 0 spiro atoms.